The highest BCUT2D eigenvalue weighted by molar-refractivity contribution is 5.85. The van der Waals surface area contributed by atoms with Crippen LogP contribution in [0.25, 0.3) is 0 Å². The second-order valence-corrected chi connectivity index (χ2v) is 6.20. The maximum absolute atomic E-state index is 12.6. The largest absolute Gasteiger partial charge is 0.354 e. The quantitative estimate of drug-likeness (QED) is 0.636. The number of amides is 2. The topological polar surface area (TPSA) is 119 Å². The molecule has 1 aliphatic rings. The minimum atomic E-state index is -0.523. The molecule has 0 aromatic carbocycles. The molecule has 1 aromatic rings. The van der Waals surface area contributed by atoms with Crippen molar-refractivity contribution >= 4 is 24.2 Å². The van der Waals surface area contributed by atoms with Gasteiger partial charge in [-0.25, -0.2) is 4.79 Å². The third-order valence-corrected chi connectivity index (χ3v) is 4.42. The van der Waals surface area contributed by atoms with Gasteiger partial charge in [0, 0.05) is 51.4 Å². The van der Waals surface area contributed by atoms with Crippen LogP contribution in [0.5, 0.6) is 0 Å². The molecular weight excluding hydrogens is 362 g/mol. The predicted octanol–water partition coefficient (Wildman–Crippen LogP) is -1.19. The molecule has 146 valence electrons. The summed E-state index contributed by atoms with van der Waals surface area (Å²) in [5.41, 5.74) is 4.42. The van der Waals surface area contributed by atoms with E-state index in [2.05, 4.69) is 5.32 Å². The van der Waals surface area contributed by atoms with E-state index in [4.69, 9.17) is 5.73 Å². The Labute approximate surface area is 157 Å². The maximum Gasteiger partial charge on any atom is 0.331 e. The fraction of sp³-hybridized carbons (Fsp3) is 0.625. The van der Waals surface area contributed by atoms with Crippen LogP contribution in [0.2, 0.25) is 0 Å². The molecule has 3 N–H and O–H groups in total. The second kappa shape index (κ2) is 10.1. The van der Waals surface area contributed by atoms with Crippen molar-refractivity contribution in [1.82, 2.24) is 19.4 Å². The third kappa shape index (κ3) is 5.43. The van der Waals surface area contributed by atoms with E-state index in [0.29, 0.717) is 13.1 Å². The van der Waals surface area contributed by atoms with Crippen molar-refractivity contribution in [2.75, 3.05) is 19.6 Å². The van der Waals surface area contributed by atoms with Gasteiger partial charge in [-0.3, -0.25) is 23.5 Å². The lowest BCUT2D eigenvalue weighted by atomic mass is 10.0. The molecule has 0 bridgehead atoms. The van der Waals surface area contributed by atoms with Crippen LogP contribution in [0.4, 0.5) is 0 Å². The van der Waals surface area contributed by atoms with E-state index >= 15 is 0 Å². The summed E-state index contributed by atoms with van der Waals surface area (Å²) in [6.07, 6.45) is 4.28. The minimum absolute atomic E-state index is 0. The van der Waals surface area contributed by atoms with Crippen LogP contribution in [0.1, 0.15) is 25.7 Å². The van der Waals surface area contributed by atoms with E-state index < -0.39 is 11.2 Å². The number of likely N-dealkylation sites (tertiary alicyclic amines) is 1. The molecule has 26 heavy (non-hydrogen) atoms. The van der Waals surface area contributed by atoms with Crippen LogP contribution in [-0.2, 0) is 23.2 Å². The number of hydrogen-bond acceptors (Lipinski definition) is 5. The molecule has 1 aliphatic heterocycles. The van der Waals surface area contributed by atoms with Crippen molar-refractivity contribution in [3.05, 3.63) is 33.1 Å². The van der Waals surface area contributed by atoms with E-state index in [1.807, 2.05) is 0 Å². The van der Waals surface area contributed by atoms with E-state index in [9.17, 15) is 19.2 Å². The van der Waals surface area contributed by atoms with Gasteiger partial charge in [-0.1, -0.05) is 0 Å². The van der Waals surface area contributed by atoms with Crippen molar-refractivity contribution in [3.8, 4) is 0 Å². The van der Waals surface area contributed by atoms with Crippen molar-refractivity contribution in [2.24, 2.45) is 12.8 Å². The first kappa shape index (κ1) is 21.9. The summed E-state index contributed by atoms with van der Waals surface area (Å²) in [5, 5.41) is 2.80. The first-order chi connectivity index (χ1) is 11.9. The Hall–Kier alpha value is -2.13. The molecule has 2 amide bonds. The molecule has 1 fully saturated rings. The molecule has 2 rings (SSSR count). The van der Waals surface area contributed by atoms with Crippen LogP contribution in [0, 0.1) is 0 Å². The zero-order chi connectivity index (χ0) is 18.4. The SMILES string of the molecule is Cl.Cn1c(=O)ccn(CC(=O)N2CCCCC2CNC(=O)CCN)c1=O. The van der Waals surface area contributed by atoms with Gasteiger partial charge in [-0.15, -0.1) is 12.4 Å². The Morgan fingerprint density at radius 1 is 1.31 bits per heavy atom. The molecule has 0 radical (unpaired) electrons. The highest BCUT2D eigenvalue weighted by Crippen LogP contribution is 2.17. The Bertz CT molecular complexity index is 745. The fourth-order valence-corrected chi connectivity index (χ4v) is 2.97. The van der Waals surface area contributed by atoms with E-state index in [1.54, 1.807) is 4.90 Å². The number of carbonyl (C=O) groups is 2. The van der Waals surface area contributed by atoms with Gasteiger partial charge in [0.15, 0.2) is 0 Å². The molecule has 2 heterocycles. The van der Waals surface area contributed by atoms with Crippen LogP contribution in [0.3, 0.4) is 0 Å². The zero-order valence-corrected chi connectivity index (χ0v) is 15.7. The van der Waals surface area contributed by atoms with Crippen molar-refractivity contribution in [2.45, 2.75) is 38.3 Å². The van der Waals surface area contributed by atoms with Gasteiger partial charge < -0.3 is 16.0 Å². The number of carbonyl (C=O) groups excluding carboxylic acids is 2. The highest BCUT2D eigenvalue weighted by Gasteiger charge is 2.27. The first-order valence-electron chi connectivity index (χ1n) is 8.46. The number of nitrogens with zero attached hydrogens (tertiary/aromatic N) is 3. The average Bonchev–Trinajstić information content (AvgIpc) is 2.61. The number of aromatic nitrogens is 2. The van der Waals surface area contributed by atoms with Crippen LogP contribution >= 0.6 is 12.4 Å². The number of halogens is 1. The Morgan fingerprint density at radius 3 is 2.73 bits per heavy atom. The monoisotopic (exact) mass is 387 g/mol. The van der Waals surface area contributed by atoms with Crippen LogP contribution in [0.15, 0.2) is 21.9 Å². The molecule has 9 nitrogen and oxygen atoms in total. The summed E-state index contributed by atoms with van der Waals surface area (Å²) >= 11 is 0. The van der Waals surface area contributed by atoms with Gasteiger partial charge in [0.25, 0.3) is 5.56 Å². The highest BCUT2D eigenvalue weighted by atomic mass is 35.5. The number of piperidine rings is 1. The van der Waals surface area contributed by atoms with Crippen LogP contribution < -0.4 is 22.3 Å². The summed E-state index contributed by atoms with van der Waals surface area (Å²) in [5.74, 6) is -0.326. The number of hydrogen-bond donors (Lipinski definition) is 2. The second-order valence-electron chi connectivity index (χ2n) is 6.20. The standard InChI is InChI=1S/C16H25N5O4.ClH/c1-19-14(23)6-9-20(16(19)25)11-15(24)21-8-3-2-4-12(21)10-18-13(22)5-7-17;/h6,9,12H,2-5,7-8,10-11,17H2,1H3,(H,18,22);1H. The molecule has 1 atom stereocenters. The van der Waals surface area contributed by atoms with Crippen LogP contribution in [-0.4, -0.2) is 51.5 Å². The Morgan fingerprint density at radius 2 is 2.04 bits per heavy atom. The average molecular weight is 388 g/mol. The smallest absolute Gasteiger partial charge is 0.331 e. The molecule has 0 spiro atoms. The summed E-state index contributed by atoms with van der Waals surface area (Å²) in [6.45, 7) is 1.14. The lowest BCUT2D eigenvalue weighted by Gasteiger charge is -2.36. The number of rotatable bonds is 6. The predicted molar refractivity (Wildman–Crippen MR) is 99.2 cm³/mol. The maximum atomic E-state index is 12.6. The van der Waals surface area contributed by atoms with Crippen molar-refractivity contribution < 1.29 is 9.59 Å². The van der Waals surface area contributed by atoms with Crippen molar-refractivity contribution in [3.63, 3.8) is 0 Å². The molecular formula is C16H26ClN5O4. The molecule has 1 saturated heterocycles. The van der Waals surface area contributed by atoms with Gasteiger partial charge in [-0.2, -0.15) is 0 Å². The third-order valence-electron chi connectivity index (χ3n) is 4.42. The lowest BCUT2D eigenvalue weighted by Crippen LogP contribution is -2.51. The molecule has 10 heteroatoms. The van der Waals surface area contributed by atoms with E-state index in [0.717, 1.165) is 23.8 Å². The van der Waals surface area contributed by atoms with Crippen molar-refractivity contribution in [1.29, 1.82) is 0 Å². The fourth-order valence-electron chi connectivity index (χ4n) is 2.97. The summed E-state index contributed by atoms with van der Waals surface area (Å²) < 4.78 is 2.19. The van der Waals surface area contributed by atoms with E-state index in [-0.39, 0.29) is 49.8 Å². The van der Waals surface area contributed by atoms with Gasteiger partial charge in [0.2, 0.25) is 11.8 Å². The summed E-state index contributed by atoms with van der Waals surface area (Å²) in [7, 11) is 1.38. The van der Waals surface area contributed by atoms with Gasteiger partial charge in [0.05, 0.1) is 0 Å². The first-order valence-corrected chi connectivity index (χ1v) is 8.46. The minimum Gasteiger partial charge on any atom is -0.354 e. The van der Waals surface area contributed by atoms with Gasteiger partial charge in [-0.05, 0) is 19.3 Å². The normalized spacial score (nSPS) is 16.7. The van der Waals surface area contributed by atoms with Gasteiger partial charge >= 0.3 is 5.69 Å². The zero-order valence-electron chi connectivity index (χ0n) is 14.8. The number of nitrogens with one attached hydrogen (secondary N) is 1. The van der Waals surface area contributed by atoms with Gasteiger partial charge in [0.1, 0.15) is 6.54 Å². The molecule has 0 saturated carbocycles. The molecule has 1 aromatic heterocycles. The Balaban J connectivity index is 0.00000338. The number of nitrogens with two attached hydrogens (primary N) is 1. The molecule has 1 unspecified atom stereocenters. The Kier molecular flexibility index (Phi) is 8.53. The summed E-state index contributed by atoms with van der Waals surface area (Å²) in [4.78, 5) is 49.5. The molecule has 0 aliphatic carbocycles. The lowest BCUT2D eigenvalue weighted by molar-refractivity contribution is -0.136. The van der Waals surface area contributed by atoms with E-state index in [1.165, 1.54) is 23.9 Å². The summed E-state index contributed by atoms with van der Waals surface area (Å²) in [6, 6.07) is 1.17.